The average molecular weight is 707 g/mol. The first-order valence-corrected chi connectivity index (χ1v) is 21.5. The highest BCUT2D eigenvalue weighted by Crippen LogP contribution is 2.19. The normalized spacial score (nSPS) is 12.7. The van der Waals surface area contributed by atoms with Crippen molar-refractivity contribution >= 4 is 17.8 Å². The second-order valence-electron chi connectivity index (χ2n) is 14.8. The molecule has 50 heavy (non-hydrogen) atoms. The molecule has 4 N–H and O–H groups in total. The Morgan fingerprint density at radius 1 is 0.560 bits per heavy atom. The van der Waals surface area contributed by atoms with Crippen LogP contribution in [0, 0.1) is 0 Å². The lowest BCUT2D eigenvalue weighted by molar-refractivity contribution is -0.150. The Kier molecular flexibility index (Phi) is 36.9. The van der Waals surface area contributed by atoms with E-state index in [1.54, 1.807) is 0 Å². The van der Waals surface area contributed by atoms with Crippen LogP contribution in [0.25, 0.3) is 0 Å². The van der Waals surface area contributed by atoms with Crippen LogP contribution >= 0.6 is 0 Å². The van der Waals surface area contributed by atoms with Gasteiger partial charge in [0.05, 0.1) is 0 Å². The molecule has 0 aromatic carbocycles. The van der Waals surface area contributed by atoms with Gasteiger partial charge in [-0.1, -0.05) is 148 Å². The maximum absolute atomic E-state index is 12.8. The van der Waals surface area contributed by atoms with Crippen LogP contribution in [-0.2, 0) is 19.1 Å². The number of carboxylic acids is 1. The van der Waals surface area contributed by atoms with Gasteiger partial charge in [-0.05, 0) is 83.6 Å². The van der Waals surface area contributed by atoms with Crippen molar-refractivity contribution in [3.8, 4) is 0 Å². The molecule has 1 amide bonds. The number of ether oxygens (including phenoxy) is 1. The molecule has 0 radical (unpaired) electrons. The first-order chi connectivity index (χ1) is 24.4. The predicted molar refractivity (Wildman–Crippen MR) is 211 cm³/mol. The maximum atomic E-state index is 12.8. The Bertz CT molecular complexity index is 802. The summed E-state index contributed by atoms with van der Waals surface area (Å²) < 4.78 is 6.04. The molecule has 0 rings (SSSR count). The Morgan fingerprint density at radius 3 is 1.48 bits per heavy atom. The molecular formula is C43H82N2O5. The number of carbonyl (C=O) groups excluding carboxylic acids is 2. The number of allylic oxidation sites excluding steroid dienone is 2. The van der Waals surface area contributed by atoms with Crippen LogP contribution in [0.15, 0.2) is 12.2 Å². The fourth-order valence-corrected chi connectivity index (χ4v) is 6.56. The van der Waals surface area contributed by atoms with E-state index in [0.29, 0.717) is 32.2 Å². The minimum atomic E-state index is -1.00. The molecular weight excluding hydrogens is 624 g/mol. The smallest absolute Gasteiger partial charge is 0.326 e. The number of hydrogen-bond donors (Lipinski definition) is 3. The maximum Gasteiger partial charge on any atom is 0.326 e. The lowest BCUT2D eigenvalue weighted by atomic mass is 10.0. The van der Waals surface area contributed by atoms with Crippen molar-refractivity contribution in [3.05, 3.63) is 12.2 Å². The molecule has 0 aromatic rings. The summed E-state index contributed by atoms with van der Waals surface area (Å²) in [6, 6.07) is -0.854. The van der Waals surface area contributed by atoms with Crippen molar-refractivity contribution in [2.75, 3.05) is 6.54 Å². The quantitative estimate of drug-likeness (QED) is 0.0332. The molecule has 0 saturated heterocycles. The predicted octanol–water partition coefficient (Wildman–Crippen LogP) is 11.9. The molecule has 0 aliphatic heterocycles. The summed E-state index contributed by atoms with van der Waals surface area (Å²) in [4.78, 5) is 36.3. The molecule has 2 unspecified atom stereocenters. The summed E-state index contributed by atoms with van der Waals surface area (Å²) >= 11 is 0. The number of nitrogens with one attached hydrogen (secondary N) is 1. The van der Waals surface area contributed by atoms with E-state index in [2.05, 4.69) is 31.3 Å². The van der Waals surface area contributed by atoms with Crippen LogP contribution in [0.3, 0.4) is 0 Å². The average Bonchev–Trinajstić information content (AvgIpc) is 3.10. The number of carbonyl (C=O) groups is 3. The number of aliphatic carboxylic acids is 1. The Hall–Kier alpha value is -1.89. The second kappa shape index (κ2) is 38.3. The fraction of sp³-hybridized carbons (Fsp3) is 0.884. The van der Waals surface area contributed by atoms with E-state index in [0.717, 1.165) is 64.2 Å². The molecule has 0 fully saturated rings. The van der Waals surface area contributed by atoms with E-state index in [-0.39, 0.29) is 18.0 Å². The van der Waals surface area contributed by atoms with Gasteiger partial charge in [-0.15, -0.1) is 0 Å². The standard InChI is InChI=1S/C43H82N2O5/c1-3-5-7-9-11-13-15-17-19-21-24-28-33-39(50-42(47)37-31-27-22-20-18-16-14-12-10-8-6-4-2)34-29-25-23-26-30-36-41(46)45-40(43(48)49)35-32-38-44/h12,14,39-40H,3-11,13,15-38,44H2,1-2H3,(H,45,46)(H,48,49)/b14-12-. The number of carboxylic acid groups (broad SMARTS) is 1. The highest BCUT2D eigenvalue weighted by atomic mass is 16.5. The number of rotatable bonds is 39. The number of amides is 1. The molecule has 0 bridgehead atoms. The lowest BCUT2D eigenvalue weighted by Gasteiger charge is -2.18. The number of nitrogens with two attached hydrogens (primary N) is 1. The van der Waals surface area contributed by atoms with E-state index in [4.69, 9.17) is 10.5 Å². The van der Waals surface area contributed by atoms with E-state index in [9.17, 15) is 19.5 Å². The van der Waals surface area contributed by atoms with Crippen LogP contribution in [-0.4, -0.2) is 41.6 Å². The van der Waals surface area contributed by atoms with Gasteiger partial charge in [0.1, 0.15) is 12.1 Å². The molecule has 2 atom stereocenters. The topological polar surface area (TPSA) is 119 Å². The summed E-state index contributed by atoms with van der Waals surface area (Å²) in [5.41, 5.74) is 5.48. The summed E-state index contributed by atoms with van der Waals surface area (Å²) in [6.07, 6.45) is 41.1. The molecule has 0 aliphatic rings. The first kappa shape index (κ1) is 48.1. The summed E-state index contributed by atoms with van der Waals surface area (Å²) in [5, 5.41) is 11.9. The van der Waals surface area contributed by atoms with Crippen LogP contribution in [0.5, 0.6) is 0 Å². The highest BCUT2D eigenvalue weighted by molar-refractivity contribution is 5.83. The van der Waals surface area contributed by atoms with Crippen molar-refractivity contribution in [2.45, 2.75) is 238 Å². The summed E-state index contributed by atoms with van der Waals surface area (Å²) in [6.45, 7) is 4.93. The zero-order valence-electron chi connectivity index (χ0n) is 33.0. The Morgan fingerprint density at radius 2 is 0.980 bits per heavy atom. The summed E-state index contributed by atoms with van der Waals surface area (Å²) in [5.74, 6) is -1.23. The minimum Gasteiger partial charge on any atom is -0.480 e. The Balaban J connectivity index is 4.32. The molecule has 0 saturated carbocycles. The number of unbranched alkanes of at least 4 members (excludes halogenated alkanes) is 23. The Labute approximate surface area is 309 Å². The van der Waals surface area contributed by atoms with Crippen molar-refractivity contribution < 1.29 is 24.2 Å². The largest absolute Gasteiger partial charge is 0.480 e. The van der Waals surface area contributed by atoms with Crippen LogP contribution < -0.4 is 11.1 Å². The van der Waals surface area contributed by atoms with Crippen molar-refractivity contribution in [1.82, 2.24) is 5.32 Å². The van der Waals surface area contributed by atoms with Gasteiger partial charge in [0.15, 0.2) is 0 Å². The van der Waals surface area contributed by atoms with Gasteiger partial charge >= 0.3 is 11.9 Å². The van der Waals surface area contributed by atoms with E-state index >= 15 is 0 Å². The SMILES string of the molecule is CCCCC/C=C\CCCCCCCC(=O)OC(CCCCCCCCCCCCCC)CCCCCCCC(=O)NC(CCCN)C(=O)O. The van der Waals surface area contributed by atoms with Gasteiger partial charge in [0, 0.05) is 12.8 Å². The number of hydrogen-bond acceptors (Lipinski definition) is 5. The molecule has 0 aromatic heterocycles. The van der Waals surface area contributed by atoms with E-state index in [1.165, 1.54) is 122 Å². The zero-order valence-corrected chi connectivity index (χ0v) is 33.0. The third-order valence-corrected chi connectivity index (χ3v) is 9.83. The van der Waals surface area contributed by atoms with Crippen LogP contribution in [0.2, 0.25) is 0 Å². The third-order valence-electron chi connectivity index (χ3n) is 9.83. The van der Waals surface area contributed by atoms with Gasteiger partial charge in [-0.3, -0.25) is 9.59 Å². The number of esters is 1. The van der Waals surface area contributed by atoms with Gasteiger partial charge in [0.25, 0.3) is 0 Å². The fourth-order valence-electron chi connectivity index (χ4n) is 6.56. The lowest BCUT2D eigenvalue weighted by Crippen LogP contribution is -2.40. The minimum absolute atomic E-state index is 0.0157. The third kappa shape index (κ3) is 34.6. The van der Waals surface area contributed by atoms with E-state index < -0.39 is 12.0 Å². The zero-order chi connectivity index (χ0) is 36.8. The molecule has 0 spiro atoms. The first-order valence-electron chi connectivity index (χ1n) is 21.5. The molecule has 7 heteroatoms. The molecule has 0 heterocycles. The second-order valence-corrected chi connectivity index (χ2v) is 14.8. The van der Waals surface area contributed by atoms with Gasteiger partial charge in [-0.25, -0.2) is 4.79 Å². The van der Waals surface area contributed by atoms with Gasteiger partial charge < -0.3 is 20.9 Å². The van der Waals surface area contributed by atoms with Gasteiger partial charge in [-0.2, -0.15) is 0 Å². The van der Waals surface area contributed by atoms with Crippen molar-refractivity contribution in [2.24, 2.45) is 5.73 Å². The van der Waals surface area contributed by atoms with Crippen molar-refractivity contribution in [3.63, 3.8) is 0 Å². The molecule has 294 valence electrons. The van der Waals surface area contributed by atoms with Crippen molar-refractivity contribution in [1.29, 1.82) is 0 Å². The van der Waals surface area contributed by atoms with Crippen LogP contribution in [0.1, 0.15) is 226 Å². The molecule has 0 aliphatic carbocycles. The van der Waals surface area contributed by atoms with Crippen LogP contribution in [0.4, 0.5) is 0 Å². The van der Waals surface area contributed by atoms with E-state index in [1.807, 2.05) is 0 Å². The van der Waals surface area contributed by atoms with Gasteiger partial charge in [0.2, 0.25) is 5.91 Å². The molecule has 7 nitrogen and oxygen atoms in total. The summed E-state index contributed by atoms with van der Waals surface area (Å²) in [7, 11) is 0. The highest BCUT2D eigenvalue weighted by Gasteiger charge is 2.19. The monoisotopic (exact) mass is 707 g/mol.